The van der Waals surface area contributed by atoms with Crippen LogP contribution in [0.1, 0.15) is 26.7 Å². The molecule has 0 rings (SSSR count). The standard InChI is InChI=1S/C7H17N3/c1-4-5-6-9-7(2)10-8-3/h7,9H,4-6H2,1-3H3. The van der Waals surface area contributed by atoms with Crippen LogP contribution in [0.3, 0.4) is 0 Å². The molecule has 0 saturated carbocycles. The molecule has 3 nitrogen and oxygen atoms in total. The Morgan fingerprint density at radius 2 is 2.20 bits per heavy atom. The Kier molecular flexibility index (Phi) is 6.38. The molecule has 0 aliphatic rings. The van der Waals surface area contributed by atoms with Crippen molar-refractivity contribution < 1.29 is 0 Å². The largest absolute Gasteiger partial charge is 0.294 e. The lowest BCUT2D eigenvalue weighted by molar-refractivity contribution is 0.531. The molecule has 3 heteroatoms. The molecule has 0 radical (unpaired) electrons. The second-order valence-corrected chi connectivity index (χ2v) is 2.30. The number of unbranched alkanes of at least 4 members (excludes halogenated alkanes) is 1. The summed E-state index contributed by atoms with van der Waals surface area (Å²) in [6.07, 6.45) is 2.61. The Hall–Kier alpha value is -0.440. The fraction of sp³-hybridized carbons (Fsp3) is 1.00. The zero-order chi connectivity index (χ0) is 7.82. The van der Waals surface area contributed by atoms with Gasteiger partial charge in [0.25, 0.3) is 0 Å². The number of rotatable bonds is 5. The molecule has 0 aromatic rings. The zero-order valence-corrected chi connectivity index (χ0v) is 7.09. The van der Waals surface area contributed by atoms with E-state index < -0.39 is 0 Å². The third-order valence-electron chi connectivity index (χ3n) is 1.26. The first-order chi connectivity index (χ1) is 4.81. The van der Waals surface area contributed by atoms with Gasteiger partial charge in [-0.25, -0.2) is 0 Å². The van der Waals surface area contributed by atoms with Crippen LogP contribution in [0.15, 0.2) is 10.2 Å². The van der Waals surface area contributed by atoms with Gasteiger partial charge in [-0.2, -0.15) is 10.2 Å². The Morgan fingerprint density at radius 1 is 1.50 bits per heavy atom. The highest BCUT2D eigenvalue weighted by Gasteiger charge is 1.93. The first-order valence-electron chi connectivity index (χ1n) is 3.83. The van der Waals surface area contributed by atoms with Crippen molar-refractivity contribution in [1.82, 2.24) is 5.32 Å². The van der Waals surface area contributed by atoms with Crippen molar-refractivity contribution in [3.05, 3.63) is 0 Å². The molecule has 0 spiro atoms. The predicted octanol–water partition coefficient (Wildman–Crippen LogP) is 1.80. The van der Waals surface area contributed by atoms with E-state index in [9.17, 15) is 0 Å². The Morgan fingerprint density at radius 3 is 2.70 bits per heavy atom. The highest BCUT2D eigenvalue weighted by atomic mass is 15.2. The summed E-state index contributed by atoms with van der Waals surface area (Å²) in [5.74, 6) is 0. The Bertz CT molecular complexity index is 90.9. The van der Waals surface area contributed by atoms with Crippen LogP contribution < -0.4 is 5.32 Å². The van der Waals surface area contributed by atoms with Crippen molar-refractivity contribution in [2.45, 2.75) is 32.9 Å². The second-order valence-electron chi connectivity index (χ2n) is 2.30. The van der Waals surface area contributed by atoms with Gasteiger partial charge in [0, 0.05) is 7.05 Å². The van der Waals surface area contributed by atoms with E-state index in [0.29, 0.717) is 0 Å². The van der Waals surface area contributed by atoms with Gasteiger partial charge in [0.1, 0.15) is 6.17 Å². The predicted molar refractivity (Wildman–Crippen MR) is 43.2 cm³/mol. The second kappa shape index (κ2) is 6.68. The van der Waals surface area contributed by atoms with Crippen molar-refractivity contribution in [2.75, 3.05) is 13.6 Å². The average Bonchev–Trinajstić information content (AvgIpc) is 1.89. The number of azo groups is 1. The molecule has 0 heterocycles. The molecular weight excluding hydrogens is 126 g/mol. The normalized spacial score (nSPS) is 14.3. The van der Waals surface area contributed by atoms with Crippen molar-refractivity contribution >= 4 is 0 Å². The summed E-state index contributed by atoms with van der Waals surface area (Å²) in [6.45, 7) is 5.22. The monoisotopic (exact) mass is 143 g/mol. The van der Waals surface area contributed by atoms with E-state index in [4.69, 9.17) is 0 Å². The first kappa shape index (κ1) is 9.56. The Balaban J connectivity index is 3.13. The van der Waals surface area contributed by atoms with E-state index in [0.717, 1.165) is 6.54 Å². The number of hydrogen-bond donors (Lipinski definition) is 1. The van der Waals surface area contributed by atoms with Crippen molar-refractivity contribution in [2.24, 2.45) is 10.2 Å². The van der Waals surface area contributed by atoms with E-state index >= 15 is 0 Å². The lowest BCUT2D eigenvalue weighted by Gasteiger charge is -2.05. The summed E-state index contributed by atoms with van der Waals surface area (Å²) in [4.78, 5) is 0. The van der Waals surface area contributed by atoms with Crippen LogP contribution in [0, 0.1) is 0 Å². The van der Waals surface area contributed by atoms with E-state index in [1.54, 1.807) is 7.05 Å². The minimum Gasteiger partial charge on any atom is -0.294 e. The molecule has 0 amide bonds. The van der Waals surface area contributed by atoms with Gasteiger partial charge in [0.15, 0.2) is 0 Å². The third kappa shape index (κ3) is 5.69. The van der Waals surface area contributed by atoms with Crippen molar-refractivity contribution in [3.8, 4) is 0 Å². The molecule has 60 valence electrons. The van der Waals surface area contributed by atoms with Gasteiger partial charge in [-0.3, -0.25) is 5.32 Å². The summed E-state index contributed by atoms with van der Waals surface area (Å²) in [5, 5.41) is 10.8. The maximum Gasteiger partial charge on any atom is 0.118 e. The first-order valence-corrected chi connectivity index (χ1v) is 3.83. The molecule has 1 unspecified atom stereocenters. The van der Waals surface area contributed by atoms with Gasteiger partial charge < -0.3 is 0 Å². The highest BCUT2D eigenvalue weighted by molar-refractivity contribution is 4.52. The molecule has 0 aromatic heterocycles. The summed E-state index contributed by atoms with van der Waals surface area (Å²) >= 11 is 0. The van der Waals surface area contributed by atoms with Crippen LogP contribution in [0.4, 0.5) is 0 Å². The van der Waals surface area contributed by atoms with Crippen LogP contribution in [-0.4, -0.2) is 19.8 Å². The summed E-state index contributed by atoms with van der Waals surface area (Å²) < 4.78 is 0. The number of nitrogens with zero attached hydrogens (tertiary/aromatic N) is 2. The summed E-state index contributed by atoms with van der Waals surface area (Å²) in [5.41, 5.74) is 0. The van der Waals surface area contributed by atoms with Crippen LogP contribution in [0.5, 0.6) is 0 Å². The summed E-state index contributed by atoms with van der Waals surface area (Å²) in [6, 6.07) is 0. The lowest BCUT2D eigenvalue weighted by Crippen LogP contribution is -2.24. The van der Waals surface area contributed by atoms with Gasteiger partial charge in [0.05, 0.1) is 0 Å². The fourth-order valence-corrected chi connectivity index (χ4v) is 0.702. The molecule has 0 bridgehead atoms. The van der Waals surface area contributed by atoms with Crippen LogP contribution >= 0.6 is 0 Å². The quantitative estimate of drug-likeness (QED) is 0.462. The van der Waals surface area contributed by atoms with E-state index in [1.807, 2.05) is 6.92 Å². The minimum atomic E-state index is 0.177. The van der Waals surface area contributed by atoms with Crippen molar-refractivity contribution in [3.63, 3.8) is 0 Å². The van der Waals surface area contributed by atoms with Gasteiger partial charge in [-0.1, -0.05) is 13.3 Å². The van der Waals surface area contributed by atoms with Gasteiger partial charge in [0.2, 0.25) is 0 Å². The van der Waals surface area contributed by atoms with Gasteiger partial charge >= 0.3 is 0 Å². The third-order valence-corrected chi connectivity index (χ3v) is 1.26. The fourth-order valence-electron chi connectivity index (χ4n) is 0.702. The summed E-state index contributed by atoms with van der Waals surface area (Å²) in [7, 11) is 1.69. The molecule has 0 aliphatic carbocycles. The molecule has 0 aromatic carbocycles. The molecule has 0 aliphatic heterocycles. The molecule has 10 heavy (non-hydrogen) atoms. The maximum absolute atomic E-state index is 3.91. The smallest absolute Gasteiger partial charge is 0.118 e. The highest BCUT2D eigenvalue weighted by Crippen LogP contribution is 1.87. The lowest BCUT2D eigenvalue weighted by atomic mass is 10.3. The topological polar surface area (TPSA) is 36.8 Å². The van der Waals surface area contributed by atoms with Crippen LogP contribution in [-0.2, 0) is 0 Å². The SMILES string of the molecule is CCCCNC(C)N=NC. The minimum absolute atomic E-state index is 0.177. The van der Waals surface area contributed by atoms with Crippen LogP contribution in [0.2, 0.25) is 0 Å². The average molecular weight is 143 g/mol. The van der Waals surface area contributed by atoms with Crippen molar-refractivity contribution in [1.29, 1.82) is 0 Å². The molecule has 0 saturated heterocycles. The molecule has 1 N–H and O–H groups in total. The van der Waals surface area contributed by atoms with Crippen LogP contribution in [0.25, 0.3) is 0 Å². The Labute approximate surface area is 62.9 Å². The maximum atomic E-state index is 3.91. The zero-order valence-electron chi connectivity index (χ0n) is 7.09. The van der Waals surface area contributed by atoms with Gasteiger partial charge in [-0.05, 0) is 19.9 Å². The van der Waals surface area contributed by atoms with E-state index in [2.05, 4.69) is 22.5 Å². The van der Waals surface area contributed by atoms with Gasteiger partial charge in [-0.15, -0.1) is 0 Å². The van der Waals surface area contributed by atoms with E-state index in [-0.39, 0.29) is 6.17 Å². The molecule has 1 atom stereocenters. The number of hydrogen-bond acceptors (Lipinski definition) is 3. The van der Waals surface area contributed by atoms with E-state index in [1.165, 1.54) is 12.8 Å². The number of nitrogens with one attached hydrogen (secondary N) is 1. The molecular formula is C7H17N3. The molecule has 0 fully saturated rings.